The number of nitrogens with zero attached hydrogens (tertiary/aromatic N) is 4. The van der Waals surface area contributed by atoms with Gasteiger partial charge in [0.15, 0.2) is 0 Å². The number of carbonyl (C=O) groups is 1. The predicted molar refractivity (Wildman–Crippen MR) is 101 cm³/mol. The molecule has 0 bridgehead atoms. The molecule has 4 rings (SSSR count). The number of anilines is 1. The highest BCUT2D eigenvalue weighted by Gasteiger charge is 2.20. The fourth-order valence-corrected chi connectivity index (χ4v) is 3.28. The van der Waals surface area contributed by atoms with Gasteiger partial charge in [0.2, 0.25) is 0 Å². The van der Waals surface area contributed by atoms with Crippen LogP contribution in [0.1, 0.15) is 34.9 Å². The van der Waals surface area contributed by atoms with Gasteiger partial charge in [-0.3, -0.25) is 9.48 Å². The van der Waals surface area contributed by atoms with Gasteiger partial charge in [0.1, 0.15) is 0 Å². The lowest BCUT2D eigenvalue weighted by Gasteiger charge is -2.23. The summed E-state index contributed by atoms with van der Waals surface area (Å²) >= 11 is 0. The minimum atomic E-state index is -0.225. The molecule has 1 N–H and O–H groups in total. The second-order valence-corrected chi connectivity index (χ2v) is 6.58. The number of rotatable bonds is 4. The van der Waals surface area contributed by atoms with Crippen molar-refractivity contribution in [2.45, 2.75) is 25.8 Å². The lowest BCUT2D eigenvalue weighted by atomic mass is 10.1. The fraction of sp³-hybridized carbons (Fsp3) is 0.300. The summed E-state index contributed by atoms with van der Waals surface area (Å²) in [6.45, 7) is 3.46. The summed E-state index contributed by atoms with van der Waals surface area (Å²) in [5, 5.41) is 15.5. The first-order valence-electron chi connectivity index (χ1n) is 9.04. The highest BCUT2D eigenvalue weighted by atomic mass is 16.5. The van der Waals surface area contributed by atoms with Crippen LogP contribution < -0.4 is 5.32 Å². The topological polar surface area (TPSA) is 81.9 Å². The fourth-order valence-electron chi connectivity index (χ4n) is 3.28. The van der Waals surface area contributed by atoms with E-state index in [1.54, 1.807) is 12.3 Å². The first-order valence-corrected chi connectivity index (χ1v) is 9.04. The summed E-state index contributed by atoms with van der Waals surface area (Å²) in [6, 6.07) is 11.7. The van der Waals surface area contributed by atoms with E-state index in [9.17, 15) is 4.79 Å². The number of carbonyl (C=O) groups excluding carboxylic acids is 1. The van der Waals surface area contributed by atoms with Crippen LogP contribution in [0.15, 0.2) is 48.8 Å². The van der Waals surface area contributed by atoms with E-state index in [0.717, 1.165) is 37.3 Å². The molecule has 0 radical (unpaired) electrons. The van der Waals surface area contributed by atoms with Gasteiger partial charge in [-0.25, -0.2) is 0 Å². The van der Waals surface area contributed by atoms with E-state index in [1.807, 2.05) is 41.9 Å². The summed E-state index contributed by atoms with van der Waals surface area (Å²) in [5.74, 6) is -0.225. The summed E-state index contributed by atoms with van der Waals surface area (Å²) in [4.78, 5) is 12.7. The van der Waals surface area contributed by atoms with Gasteiger partial charge in [0.05, 0.1) is 41.1 Å². The zero-order valence-corrected chi connectivity index (χ0v) is 15.1. The Hall–Kier alpha value is -3.06. The maximum Gasteiger partial charge on any atom is 0.257 e. The van der Waals surface area contributed by atoms with E-state index < -0.39 is 0 Å². The molecule has 0 atom stereocenters. The van der Waals surface area contributed by atoms with Crippen molar-refractivity contribution in [2.75, 3.05) is 18.5 Å². The Morgan fingerprint density at radius 2 is 1.96 bits per heavy atom. The van der Waals surface area contributed by atoms with Gasteiger partial charge in [0.25, 0.3) is 5.91 Å². The van der Waals surface area contributed by atoms with Crippen LogP contribution in [0, 0.1) is 6.92 Å². The molecule has 1 fully saturated rings. The first kappa shape index (κ1) is 17.4. The van der Waals surface area contributed by atoms with Gasteiger partial charge < -0.3 is 10.1 Å². The van der Waals surface area contributed by atoms with Gasteiger partial charge in [-0.15, -0.1) is 0 Å². The lowest BCUT2D eigenvalue weighted by Crippen LogP contribution is -2.21. The molecule has 1 amide bonds. The van der Waals surface area contributed by atoms with Crippen LogP contribution in [-0.4, -0.2) is 39.1 Å². The molecule has 1 aliphatic rings. The van der Waals surface area contributed by atoms with E-state index in [4.69, 9.17) is 4.74 Å². The Morgan fingerprint density at radius 3 is 2.74 bits per heavy atom. The van der Waals surface area contributed by atoms with Crippen LogP contribution in [0.5, 0.6) is 0 Å². The van der Waals surface area contributed by atoms with E-state index in [-0.39, 0.29) is 5.91 Å². The molecule has 0 aliphatic carbocycles. The van der Waals surface area contributed by atoms with Crippen molar-refractivity contribution in [1.29, 1.82) is 0 Å². The van der Waals surface area contributed by atoms with Crippen molar-refractivity contribution < 1.29 is 9.53 Å². The number of nitrogens with one attached hydrogen (secondary N) is 1. The molecule has 7 heteroatoms. The molecule has 0 unspecified atom stereocenters. The summed E-state index contributed by atoms with van der Waals surface area (Å²) in [6.07, 6.45) is 5.05. The van der Waals surface area contributed by atoms with Crippen molar-refractivity contribution in [1.82, 2.24) is 20.0 Å². The SMILES string of the molecule is Cc1c(NC(=O)c2cnnc(-c3ccccc3)c2)cnn1C1CCOCC1. The highest BCUT2D eigenvalue weighted by Crippen LogP contribution is 2.25. The number of hydrogen-bond acceptors (Lipinski definition) is 5. The summed E-state index contributed by atoms with van der Waals surface area (Å²) < 4.78 is 7.40. The maximum absolute atomic E-state index is 12.7. The zero-order valence-electron chi connectivity index (χ0n) is 15.1. The highest BCUT2D eigenvalue weighted by molar-refractivity contribution is 6.04. The van der Waals surface area contributed by atoms with Gasteiger partial charge >= 0.3 is 0 Å². The molecule has 0 saturated carbocycles. The van der Waals surface area contributed by atoms with E-state index in [2.05, 4.69) is 20.6 Å². The number of aromatic nitrogens is 4. The van der Waals surface area contributed by atoms with Crippen molar-refractivity contribution >= 4 is 11.6 Å². The zero-order chi connectivity index (χ0) is 18.6. The molecule has 1 aromatic carbocycles. The Labute approximate surface area is 157 Å². The molecule has 0 spiro atoms. The van der Waals surface area contributed by atoms with Crippen molar-refractivity contribution in [3.63, 3.8) is 0 Å². The number of benzene rings is 1. The molecule has 1 saturated heterocycles. The quantitative estimate of drug-likeness (QED) is 0.769. The molecule has 3 heterocycles. The van der Waals surface area contributed by atoms with Crippen LogP contribution in [0.4, 0.5) is 5.69 Å². The Kier molecular flexibility index (Phi) is 4.93. The van der Waals surface area contributed by atoms with E-state index in [0.29, 0.717) is 23.0 Å². The van der Waals surface area contributed by atoms with Gasteiger partial charge in [-0.1, -0.05) is 30.3 Å². The molecule has 7 nitrogen and oxygen atoms in total. The molecule has 138 valence electrons. The standard InChI is InChI=1S/C20H21N5O2/c1-14-19(13-22-25(14)17-7-9-27-10-8-17)23-20(26)16-11-18(24-21-12-16)15-5-3-2-4-6-15/h2-6,11-13,17H,7-10H2,1H3,(H,23,26). The average Bonchev–Trinajstić information content (AvgIpc) is 3.09. The predicted octanol–water partition coefficient (Wildman–Crippen LogP) is 3.25. The van der Waals surface area contributed by atoms with Crippen LogP contribution >= 0.6 is 0 Å². The van der Waals surface area contributed by atoms with E-state index in [1.165, 1.54) is 6.20 Å². The monoisotopic (exact) mass is 363 g/mol. The molecule has 27 heavy (non-hydrogen) atoms. The second kappa shape index (κ2) is 7.67. The second-order valence-electron chi connectivity index (χ2n) is 6.58. The van der Waals surface area contributed by atoms with Gasteiger partial charge in [0, 0.05) is 18.8 Å². The third-order valence-corrected chi connectivity index (χ3v) is 4.82. The molecule has 2 aromatic heterocycles. The first-order chi connectivity index (χ1) is 13.2. The largest absolute Gasteiger partial charge is 0.381 e. The minimum Gasteiger partial charge on any atom is -0.381 e. The van der Waals surface area contributed by atoms with Crippen LogP contribution in [0.2, 0.25) is 0 Å². The van der Waals surface area contributed by atoms with Crippen molar-refractivity contribution in [2.24, 2.45) is 0 Å². The average molecular weight is 363 g/mol. The Bertz CT molecular complexity index is 933. The third kappa shape index (κ3) is 3.73. The van der Waals surface area contributed by atoms with Gasteiger partial charge in [-0.05, 0) is 25.8 Å². The lowest BCUT2D eigenvalue weighted by molar-refractivity contribution is 0.0657. The van der Waals surface area contributed by atoms with Crippen LogP contribution in [0.3, 0.4) is 0 Å². The Balaban J connectivity index is 1.52. The normalized spacial score (nSPS) is 14.9. The number of hydrogen-bond donors (Lipinski definition) is 1. The Morgan fingerprint density at radius 1 is 1.19 bits per heavy atom. The van der Waals surface area contributed by atoms with E-state index >= 15 is 0 Å². The maximum atomic E-state index is 12.7. The minimum absolute atomic E-state index is 0.225. The molecular formula is C20H21N5O2. The van der Waals surface area contributed by atoms with Gasteiger partial charge in [-0.2, -0.15) is 15.3 Å². The molecular weight excluding hydrogens is 342 g/mol. The summed E-state index contributed by atoms with van der Waals surface area (Å²) in [5.41, 5.74) is 3.70. The molecule has 1 aliphatic heterocycles. The van der Waals surface area contributed by atoms with Crippen molar-refractivity contribution in [3.8, 4) is 11.3 Å². The smallest absolute Gasteiger partial charge is 0.257 e. The van der Waals surface area contributed by atoms with Crippen LogP contribution in [-0.2, 0) is 4.74 Å². The third-order valence-electron chi connectivity index (χ3n) is 4.82. The van der Waals surface area contributed by atoms with Crippen LogP contribution in [0.25, 0.3) is 11.3 Å². The molecule has 3 aromatic rings. The number of amides is 1. The number of ether oxygens (including phenoxy) is 1. The summed E-state index contributed by atoms with van der Waals surface area (Å²) in [7, 11) is 0. The van der Waals surface area contributed by atoms with Crippen molar-refractivity contribution in [3.05, 3.63) is 60.0 Å².